The predicted molar refractivity (Wildman–Crippen MR) is 68.8 cm³/mol. The summed E-state index contributed by atoms with van der Waals surface area (Å²) in [5, 5.41) is 10.2. The van der Waals surface area contributed by atoms with E-state index in [9.17, 15) is 18.3 Å². The highest BCUT2D eigenvalue weighted by molar-refractivity contribution is 5.36. The Labute approximate surface area is 114 Å². The van der Waals surface area contributed by atoms with Gasteiger partial charge in [0.1, 0.15) is 6.10 Å². The van der Waals surface area contributed by atoms with Crippen LogP contribution in [0.1, 0.15) is 41.6 Å². The zero-order valence-electron chi connectivity index (χ0n) is 10.6. The lowest BCUT2D eigenvalue weighted by atomic mass is 9.98. The molecule has 2 aromatic carbocycles. The third-order valence-electron chi connectivity index (χ3n) is 3.63. The van der Waals surface area contributed by atoms with Crippen molar-refractivity contribution in [3.05, 3.63) is 70.5 Å². The van der Waals surface area contributed by atoms with Crippen molar-refractivity contribution in [1.29, 1.82) is 0 Å². The van der Waals surface area contributed by atoms with E-state index >= 15 is 0 Å². The van der Waals surface area contributed by atoms with Gasteiger partial charge in [0.25, 0.3) is 0 Å². The molecule has 0 spiro atoms. The van der Waals surface area contributed by atoms with Gasteiger partial charge in [-0.2, -0.15) is 0 Å². The number of hydrogen-bond acceptors (Lipinski definition) is 1. The maximum atomic E-state index is 13.7. The molecule has 3 rings (SSSR count). The largest absolute Gasteiger partial charge is 0.384 e. The minimum Gasteiger partial charge on any atom is -0.384 e. The fourth-order valence-corrected chi connectivity index (χ4v) is 2.33. The molecule has 20 heavy (non-hydrogen) atoms. The molecule has 0 aromatic heterocycles. The smallest absolute Gasteiger partial charge is 0.194 e. The molecule has 1 aliphatic carbocycles. The highest BCUT2D eigenvalue weighted by Gasteiger charge is 2.25. The van der Waals surface area contributed by atoms with Gasteiger partial charge in [-0.05, 0) is 36.0 Å². The van der Waals surface area contributed by atoms with E-state index in [1.165, 1.54) is 0 Å². The Bertz CT molecular complexity index is 650. The molecule has 1 saturated carbocycles. The van der Waals surface area contributed by atoms with Gasteiger partial charge < -0.3 is 5.11 Å². The van der Waals surface area contributed by atoms with Crippen LogP contribution in [0.25, 0.3) is 0 Å². The van der Waals surface area contributed by atoms with Gasteiger partial charge in [-0.15, -0.1) is 0 Å². The monoisotopic (exact) mass is 278 g/mol. The van der Waals surface area contributed by atoms with E-state index in [1.807, 2.05) is 6.07 Å². The average Bonchev–Trinajstić information content (AvgIpc) is 3.29. The molecule has 0 heterocycles. The highest BCUT2D eigenvalue weighted by atomic mass is 19.2. The summed E-state index contributed by atoms with van der Waals surface area (Å²) < 4.78 is 39.8. The number of halogens is 3. The fourth-order valence-electron chi connectivity index (χ4n) is 2.33. The molecule has 0 radical (unpaired) electrons. The van der Waals surface area contributed by atoms with Crippen LogP contribution in [0, 0.1) is 17.5 Å². The molecule has 4 heteroatoms. The van der Waals surface area contributed by atoms with Crippen LogP contribution in [0.4, 0.5) is 13.2 Å². The summed E-state index contributed by atoms with van der Waals surface area (Å²) in [6.07, 6.45) is 0.918. The van der Waals surface area contributed by atoms with Gasteiger partial charge in [-0.3, -0.25) is 0 Å². The van der Waals surface area contributed by atoms with Crippen molar-refractivity contribution in [2.45, 2.75) is 24.9 Å². The zero-order valence-corrected chi connectivity index (χ0v) is 10.6. The third kappa shape index (κ3) is 2.31. The highest BCUT2D eigenvalue weighted by Crippen LogP contribution is 2.41. The number of aliphatic hydroxyl groups is 1. The van der Waals surface area contributed by atoms with Crippen molar-refractivity contribution in [3.63, 3.8) is 0 Å². The minimum absolute atomic E-state index is 0.253. The van der Waals surface area contributed by atoms with Gasteiger partial charge in [-0.1, -0.05) is 30.3 Å². The van der Waals surface area contributed by atoms with Crippen LogP contribution in [0.15, 0.2) is 36.4 Å². The molecular formula is C16H13F3O. The molecule has 0 aliphatic heterocycles. The first-order valence-electron chi connectivity index (χ1n) is 6.49. The summed E-state index contributed by atoms with van der Waals surface area (Å²) in [4.78, 5) is 0. The van der Waals surface area contributed by atoms with E-state index in [0.717, 1.165) is 30.5 Å². The Balaban J connectivity index is 1.98. The van der Waals surface area contributed by atoms with Crippen LogP contribution in [0.5, 0.6) is 0 Å². The van der Waals surface area contributed by atoms with Gasteiger partial charge in [0, 0.05) is 5.56 Å². The van der Waals surface area contributed by atoms with Crippen LogP contribution >= 0.6 is 0 Å². The van der Waals surface area contributed by atoms with E-state index in [4.69, 9.17) is 0 Å². The van der Waals surface area contributed by atoms with Crippen molar-refractivity contribution >= 4 is 0 Å². The molecule has 1 atom stereocenters. The second-order valence-corrected chi connectivity index (χ2v) is 5.11. The van der Waals surface area contributed by atoms with Crippen LogP contribution in [0.3, 0.4) is 0 Å². The molecule has 2 aromatic rings. The summed E-state index contributed by atoms with van der Waals surface area (Å²) >= 11 is 0. The topological polar surface area (TPSA) is 20.2 Å². The molecule has 1 nitrogen and oxygen atoms in total. The standard InChI is InChI=1S/C16H13F3O/c17-13-7-6-12(14(18)15(13)19)16(20)11-3-1-2-10(8-11)9-4-5-9/h1-3,6-9,16,20H,4-5H2. The van der Waals surface area contributed by atoms with Crippen molar-refractivity contribution < 1.29 is 18.3 Å². The predicted octanol–water partition coefficient (Wildman–Crippen LogP) is 4.06. The quantitative estimate of drug-likeness (QED) is 0.839. The molecule has 1 unspecified atom stereocenters. The molecule has 0 bridgehead atoms. The van der Waals surface area contributed by atoms with Crippen molar-refractivity contribution in [3.8, 4) is 0 Å². The Kier molecular flexibility index (Phi) is 3.26. The second kappa shape index (κ2) is 4.94. The third-order valence-corrected chi connectivity index (χ3v) is 3.63. The number of benzene rings is 2. The first-order valence-corrected chi connectivity index (χ1v) is 6.49. The number of hydrogen-bond donors (Lipinski definition) is 1. The Morgan fingerprint density at radius 1 is 1.00 bits per heavy atom. The van der Waals surface area contributed by atoms with Crippen molar-refractivity contribution in [2.24, 2.45) is 0 Å². The van der Waals surface area contributed by atoms with Crippen LogP contribution in [-0.4, -0.2) is 5.11 Å². The maximum Gasteiger partial charge on any atom is 0.194 e. The summed E-state index contributed by atoms with van der Waals surface area (Å²) in [6, 6.07) is 9.07. The lowest BCUT2D eigenvalue weighted by molar-refractivity contribution is 0.212. The molecule has 1 aliphatic rings. The first-order chi connectivity index (χ1) is 9.58. The zero-order chi connectivity index (χ0) is 14.3. The van der Waals surface area contributed by atoms with Gasteiger partial charge in [0.05, 0.1) is 0 Å². The Morgan fingerprint density at radius 3 is 2.45 bits per heavy atom. The van der Waals surface area contributed by atoms with Gasteiger partial charge >= 0.3 is 0 Å². The minimum atomic E-state index is -1.56. The number of rotatable bonds is 3. The number of aliphatic hydroxyl groups excluding tert-OH is 1. The Morgan fingerprint density at radius 2 is 1.75 bits per heavy atom. The van der Waals surface area contributed by atoms with Gasteiger partial charge in [-0.25, -0.2) is 13.2 Å². The van der Waals surface area contributed by atoms with Crippen molar-refractivity contribution in [1.82, 2.24) is 0 Å². The van der Waals surface area contributed by atoms with Crippen LogP contribution in [0.2, 0.25) is 0 Å². The SMILES string of the molecule is OC(c1cccc(C2CC2)c1)c1ccc(F)c(F)c1F. The molecule has 1 fully saturated rings. The molecule has 0 saturated heterocycles. The molecular weight excluding hydrogens is 265 g/mol. The van der Waals surface area contributed by atoms with Crippen LogP contribution in [-0.2, 0) is 0 Å². The summed E-state index contributed by atoms with van der Waals surface area (Å²) in [5.74, 6) is -3.66. The normalized spacial score (nSPS) is 16.2. The average molecular weight is 278 g/mol. The summed E-state index contributed by atoms with van der Waals surface area (Å²) in [7, 11) is 0. The molecule has 0 amide bonds. The van der Waals surface area contributed by atoms with E-state index in [2.05, 4.69) is 0 Å². The van der Waals surface area contributed by atoms with E-state index < -0.39 is 23.6 Å². The van der Waals surface area contributed by atoms with Crippen molar-refractivity contribution in [2.75, 3.05) is 0 Å². The summed E-state index contributed by atoms with van der Waals surface area (Å²) in [5.41, 5.74) is 1.32. The van der Waals surface area contributed by atoms with Crippen LogP contribution < -0.4 is 0 Å². The second-order valence-electron chi connectivity index (χ2n) is 5.11. The lowest BCUT2D eigenvalue weighted by Gasteiger charge is -2.14. The lowest BCUT2D eigenvalue weighted by Crippen LogP contribution is -2.06. The maximum absolute atomic E-state index is 13.7. The summed E-state index contributed by atoms with van der Waals surface area (Å²) in [6.45, 7) is 0. The first kappa shape index (κ1) is 13.2. The molecule has 1 N–H and O–H groups in total. The van der Waals surface area contributed by atoms with Gasteiger partial charge in [0.15, 0.2) is 17.5 Å². The van der Waals surface area contributed by atoms with E-state index in [-0.39, 0.29) is 5.56 Å². The molecule has 104 valence electrons. The van der Waals surface area contributed by atoms with E-state index in [0.29, 0.717) is 11.5 Å². The van der Waals surface area contributed by atoms with Gasteiger partial charge in [0.2, 0.25) is 0 Å². The fraction of sp³-hybridized carbons (Fsp3) is 0.250. The van der Waals surface area contributed by atoms with E-state index in [1.54, 1.807) is 18.2 Å². The Hall–Kier alpha value is -1.81.